The second-order valence-electron chi connectivity index (χ2n) is 7.13. The van der Waals surface area contributed by atoms with Crippen molar-refractivity contribution in [3.8, 4) is 5.88 Å². The molecule has 5 rings (SSSR count). The smallest absolute Gasteiger partial charge is 0.224 e. The van der Waals surface area contributed by atoms with E-state index in [1.54, 1.807) is 13.4 Å². The summed E-state index contributed by atoms with van der Waals surface area (Å²) in [7, 11) is 1.64. The predicted molar refractivity (Wildman–Crippen MR) is 105 cm³/mol. The van der Waals surface area contributed by atoms with E-state index in [2.05, 4.69) is 47.9 Å². The zero-order valence-electron chi connectivity index (χ0n) is 15.4. The highest BCUT2D eigenvalue weighted by Gasteiger charge is 2.26. The van der Waals surface area contributed by atoms with Crippen molar-refractivity contribution in [3.63, 3.8) is 0 Å². The van der Waals surface area contributed by atoms with Crippen LogP contribution in [0.5, 0.6) is 5.88 Å². The molecule has 2 aliphatic rings. The quantitative estimate of drug-likeness (QED) is 0.707. The maximum absolute atomic E-state index is 5.39. The molecule has 1 aliphatic heterocycles. The van der Waals surface area contributed by atoms with Crippen LogP contribution in [0.4, 0.5) is 11.5 Å². The van der Waals surface area contributed by atoms with Crippen molar-refractivity contribution >= 4 is 22.4 Å². The summed E-state index contributed by atoms with van der Waals surface area (Å²) in [5.41, 5.74) is 3.28. The first-order valence-corrected chi connectivity index (χ1v) is 9.42. The van der Waals surface area contributed by atoms with Gasteiger partial charge in [0.2, 0.25) is 5.88 Å². The normalized spacial score (nSPS) is 17.4. The topological polar surface area (TPSA) is 67.3 Å². The van der Waals surface area contributed by atoms with Gasteiger partial charge in [0.05, 0.1) is 18.0 Å². The third kappa shape index (κ3) is 3.13. The summed E-state index contributed by atoms with van der Waals surface area (Å²) in [6, 6.07) is 8.46. The fourth-order valence-electron chi connectivity index (χ4n) is 3.71. The second kappa shape index (κ2) is 6.64. The van der Waals surface area contributed by atoms with E-state index in [-0.39, 0.29) is 0 Å². The van der Waals surface area contributed by atoms with Crippen molar-refractivity contribution in [2.45, 2.75) is 18.8 Å². The van der Waals surface area contributed by atoms with Crippen molar-refractivity contribution < 1.29 is 4.74 Å². The number of benzene rings is 1. The lowest BCUT2D eigenvalue weighted by Crippen LogP contribution is -2.46. The fourth-order valence-corrected chi connectivity index (χ4v) is 3.71. The molecule has 0 bridgehead atoms. The van der Waals surface area contributed by atoms with Crippen LogP contribution in [0.1, 0.15) is 24.5 Å². The van der Waals surface area contributed by atoms with Gasteiger partial charge in [-0.1, -0.05) is 0 Å². The minimum atomic E-state index is 0.620. The molecule has 0 radical (unpaired) electrons. The first-order chi connectivity index (χ1) is 13.3. The lowest BCUT2D eigenvalue weighted by atomic mass is 10.2. The first kappa shape index (κ1) is 16.2. The monoisotopic (exact) mass is 362 g/mol. The molecule has 1 aromatic carbocycles. The molecule has 27 heavy (non-hydrogen) atoms. The van der Waals surface area contributed by atoms with Gasteiger partial charge in [0.15, 0.2) is 0 Å². The van der Waals surface area contributed by atoms with E-state index in [4.69, 9.17) is 4.74 Å². The van der Waals surface area contributed by atoms with E-state index in [1.165, 1.54) is 30.6 Å². The molecule has 1 aliphatic carbocycles. The van der Waals surface area contributed by atoms with Crippen LogP contribution in [0.3, 0.4) is 0 Å². The van der Waals surface area contributed by atoms with Gasteiger partial charge in [-0.3, -0.25) is 0 Å². The van der Waals surface area contributed by atoms with Crippen LogP contribution >= 0.6 is 0 Å². The Balaban J connectivity index is 1.33. The van der Waals surface area contributed by atoms with E-state index < -0.39 is 0 Å². The molecule has 2 aromatic heterocycles. The van der Waals surface area contributed by atoms with Gasteiger partial charge in [-0.2, -0.15) is 0 Å². The number of piperazine rings is 1. The van der Waals surface area contributed by atoms with Gasteiger partial charge in [-0.05, 0) is 31.0 Å². The van der Waals surface area contributed by atoms with Crippen LogP contribution in [0, 0.1) is 0 Å². The number of hydrogen-bond donors (Lipinski definition) is 0. The lowest BCUT2D eigenvalue weighted by Gasteiger charge is -2.36. The summed E-state index contributed by atoms with van der Waals surface area (Å²) in [4.78, 5) is 22.2. The molecule has 7 nitrogen and oxygen atoms in total. The maximum Gasteiger partial charge on any atom is 0.224 e. The number of nitrogens with zero attached hydrogens (tertiary/aromatic N) is 6. The molecule has 3 heterocycles. The van der Waals surface area contributed by atoms with Crippen LogP contribution in [-0.2, 0) is 0 Å². The fraction of sp³-hybridized carbons (Fsp3) is 0.400. The molecule has 0 spiro atoms. The predicted octanol–water partition coefficient (Wildman–Crippen LogP) is 2.63. The Labute approximate surface area is 158 Å². The Kier molecular flexibility index (Phi) is 3.99. The van der Waals surface area contributed by atoms with Crippen LogP contribution in [0.2, 0.25) is 0 Å². The number of fused-ring (bicyclic) bond motifs is 1. The van der Waals surface area contributed by atoms with Crippen LogP contribution in [0.25, 0.3) is 10.9 Å². The zero-order chi connectivity index (χ0) is 18.2. The molecule has 0 unspecified atom stereocenters. The van der Waals surface area contributed by atoms with Crippen molar-refractivity contribution in [2.75, 3.05) is 43.1 Å². The molecule has 7 heteroatoms. The third-order valence-electron chi connectivity index (χ3n) is 5.41. The van der Waals surface area contributed by atoms with Gasteiger partial charge < -0.3 is 14.5 Å². The molecule has 3 aromatic rings. The van der Waals surface area contributed by atoms with Crippen molar-refractivity contribution in [2.24, 2.45) is 0 Å². The average molecular weight is 362 g/mol. The van der Waals surface area contributed by atoms with E-state index in [1.807, 2.05) is 6.07 Å². The van der Waals surface area contributed by atoms with Gasteiger partial charge in [0, 0.05) is 49.5 Å². The van der Waals surface area contributed by atoms with Crippen molar-refractivity contribution in [1.29, 1.82) is 0 Å². The molecule has 1 saturated heterocycles. The molecule has 2 fully saturated rings. The molecular weight excluding hydrogens is 340 g/mol. The van der Waals surface area contributed by atoms with Crippen LogP contribution in [-0.4, -0.2) is 53.2 Å². The van der Waals surface area contributed by atoms with E-state index in [0.717, 1.165) is 42.9 Å². The van der Waals surface area contributed by atoms with E-state index in [0.29, 0.717) is 11.8 Å². The van der Waals surface area contributed by atoms with Crippen molar-refractivity contribution in [1.82, 2.24) is 19.9 Å². The summed E-state index contributed by atoms with van der Waals surface area (Å²) in [6.45, 7) is 3.79. The average Bonchev–Trinajstić information content (AvgIpc) is 3.59. The Bertz CT molecular complexity index is 966. The molecule has 0 amide bonds. The van der Waals surface area contributed by atoms with Gasteiger partial charge >= 0.3 is 0 Å². The highest BCUT2D eigenvalue weighted by atomic mass is 16.5. The Morgan fingerprint density at radius 1 is 0.889 bits per heavy atom. The molecule has 0 atom stereocenters. The van der Waals surface area contributed by atoms with E-state index in [9.17, 15) is 0 Å². The lowest BCUT2D eigenvalue weighted by molar-refractivity contribution is 0.402. The number of rotatable bonds is 4. The Morgan fingerprint density at radius 2 is 1.67 bits per heavy atom. The largest absolute Gasteiger partial charge is 0.480 e. The molecule has 138 valence electrons. The highest BCUT2D eigenvalue weighted by molar-refractivity contribution is 5.86. The first-order valence-electron chi connectivity index (χ1n) is 9.42. The molecular formula is C20H22N6O. The summed E-state index contributed by atoms with van der Waals surface area (Å²) in [5, 5.41) is 0.949. The maximum atomic E-state index is 5.39. The van der Waals surface area contributed by atoms with Crippen molar-refractivity contribution in [3.05, 3.63) is 42.6 Å². The summed E-state index contributed by atoms with van der Waals surface area (Å²) >= 11 is 0. The van der Waals surface area contributed by atoms with E-state index >= 15 is 0 Å². The number of ether oxygens (including phenoxy) is 1. The number of anilines is 2. The van der Waals surface area contributed by atoms with Crippen LogP contribution < -0.4 is 14.5 Å². The van der Waals surface area contributed by atoms with Gasteiger partial charge in [-0.25, -0.2) is 19.9 Å². The summed E-state index contributed by atoms with van der Waals surface area (Å²) in [6.07, 6.45) is 5.78. The van der Waals surface area contributed by atoms with Gasteiger partial charge in [0.25, 0.3) is 0 Å². The third-order valence-corrected chi connectivity index (χ3v) is 5.41. The molecule has 0 N–H and O–H groups in total. The van der Waals surface area contributed by atoms with Gasteiger partial charge in [-0.15, -0.1) is 0 Å². The minimum absolute atomic E-state index is 0.620. The zero-order valence-corrected chi connectivity index (χ0v) is 15.4. The highest BCUT2D eigenvalue weighted by Crippen LogP contribution is 2.39. The standard InChI is InChI=1S/C20H22N6O/c1-27-20-16-10-15(4-5-17(16)21-13-24-20)25-6-8-26(9-7-25)19-11-18(14-2-3-14)22-12-23-19/h4-5,10-14H,2-3,6-9H2,1H3. The minimum Gasteiger partial charge on any atom is -0.480 e. The van der Waals surface area contributed by atoms with Gasteiger partial charge in [0.1, 0.15) is 18.5 Å². The summed E-state index contributed by atoms with van der Waals surface area (Å²) < 4.78 is 5.39. The second-order valence-corrected chi connectivity index (χ2v) is 7.13. The Hall–Kier alpha value is -2.96. The SMILES string of the molecule is COc1ncnc2ccc(N3CCN(c4cc(C5CC5)ncn4)CC3)cc12. The molecule has 1 saturated carbocycles. The summed E-state index contributed by atoms with van der Waals surface area (Å²) in [5.74, 6) is 2.33. The number of methoxy groups -OCH3 is 1. The Morgan fingerprint density at radius 3 is 2.44 bits per heavy atom. The van der Waals surface area contributed by atoms with Crippen LogP contribution in [0.15, 0.2) is 36.9 Å². The number of aromatic nitrogens is 4. The number of hydrogen-bond acceptors (Lipinski definition) is 7.